The van der Waals surface area contributed by atoms with Gasteiger partial charge in [0.05, 0.1) is 12.2 Å². The number of hydrogen-bond donors (Lipinski definition) is 1. The highest BCUT2D eigenvalue weighted by molar-refractivity contribution is 5.03. The standard InChI is InChI=1S/C9H12N4/c1-12-9(4-5-10-12)8-11-13-6-2-3-7-13/h2-7,11H,8H2,1H3. The second-order valence-electron chi connectivity index (χ2n) is 2.87. The molecule has 4 nitrogen and oxygen atoms in total. The first-order valence-electron chi connectivity index (χ1n) is 4.20. The van der Waals surface area contributed by atoms with Gasteiger partial charge in [0.1, 0.15) is 0 Å². The topological polar surface area (TPSA) is 34.8 Å². The predicted molar refractivity (Wildman–Crippen MR) is 50.7 cm³/mol. The van der Waals surface area contributed by atoms with Crippen molar-refractivity contribution in [2.24, 2.45) is 7.05 Å². The summed E-state index contributed by atoms with van der Waals surface area (Å²) in [6, 6.07) is 5.96. The highest BCUT2D eigenvalue weighted by Crippen LogP contribution is 1.96. The quantitative estimate of drug-likeness (QED) is 0.756. The molecule has 0 spiro atoms. The summed E-state index contributed by atoms with van der Waals surface area (Å²) in [5.41, 5.74) is 4.38. The van der Waals surface area contributed by atoms with Crippen LogP contribution >= 0.6 is 0 Å². The lowest BCUT2D eigenvalue weighted by Crippen LogP contribution is -2.14. The molecular weight excluding hydrogens is 164 g/mol. The Morgan fingerprint density at radius 1 is 1.38 bits per heavy atom. The number of nitrogens with one attached hydrogen (secondary N) is 1. The molecule has 2 heterocycles. The van der Waals surface area contributed by atoms with Crippen LogP contribution in [0.3, 0.4) is 0 Å². The van der Waals surface area contributed by atoms with Crippen molar-refractivity contribution in [2.45, 2.75) is 6.54 Å². The summed E-state index contributed by atoms with van der Waals surface area (Å²) in [6.07, 6.45) is 5.74. The van der Waals surface area contributed by atoms with Crippen molar-refractivity contribution < 1.29 is 0 Å². The average molecular weight is 176 g/mol. The molecule has 4 heteroatoms. The van der Waals surface area contributed by atoms with Crippen molar-refractivity contribution in [1.82, 2.24) is 14.5 Å². The van der Waals surface area contributed by atoms with Gasteiger partial charge in [0.25, 0.3) is 0 Å². The van der Waals surface area contributed by atoms with Gasteiger partial charge in [-0.1, -0.05) is 0 Å². The zero-order chi connectivity index (χ0) is 9.10. The molecule has 0 saturated heterocycles. The van der Waals surface area contributed by atoms with Crippen LogP contribution in [0.25, 0.3) is 0 Å². The van der Waals surface area contributed by atoms with Gasteiger partial charge in [-0.3, -0.25) is 9.36 Å². The minimum Gasteiger partial charge on any atom is -0.320 e. The van der Waals surface area contributed by atoms with Gasteiger partial charge in [0.2, 0.25) is 0 Å². The Labute approximate surface area is 76.8 Å². The Bertz CT molecular complexity index is 361. The first-order valence-corrected chi connectivity index (χ1v) is 4.20. The molecular formula is C9H12N4. The van der Waals surface area contributed by atoms with Gasteiger partial charge in [-0.2, -0.15) is 5.10 Å². The van der Waals surface area contributed by atoms with E-state index in [0.29, 0.717) is 0 Å². The van der Waals surface area contributed by atoms with Gasteiger partial charge in [0.15, 0.2) is 0 Å². The van der Waals surface area contributed by atoms with Crippen molar-refractivity contribution >= 4 is 0 Å². The summed E-state index contributed by atoms with van der Waals surface area (Å²) >= 11 is 0. The molecule has 0 aliphatic carbocycles. The summed E-state index contributed by atoms with van der Waals surface area (Å²) < 4.78 is 3.78. The van der Waals surface area contributed by atoms with E-state index in [4.69, 9.17) is 0 Å². The van der Waals surface area contributed by atoms with Crippen LogP contribution < -0.4 is 5.43 Å². The zero-order valence-electron chi connectivity index (χ0n) is 7.51. The van der Waals surface area contributed by atoms with E-state index < -0.39 is 0 Å². The molecule has 2 rings (SSSR count). The molecule has 13 heavy (non-hydrogen) atoms. The predicted octanol–water partition coefficient (Wildman–Crippen LogP) is 0.965. The van der Waals surface area contributed by atoms with E-state index in [2.05, 4.69) is 10.5 Å². The van der Waals surface area contributed by atoms with E-state index in [-0.39, 0.29) is 0 Å². The fourth-order valence-electron chi connectivity index (χ4n) is 1.19. The van der Waals surface area contributed by atoms with Gasteiger partial charge >= 0.3 is 0 Å². The van der Waals surface area contributed by atoms with E-state index in [1.54, 1.807) is 6.20 Å². The number of rotatable bonds is 3. The lowest BCUT2D eigenvalue weighted by molar-refractivity contribution is 0.698. The Morgan fingerprint density at radius 2 is 2.15 bits per heavy atom. The fraction of sp³-hybridized carbons (Fsp3) is 0.222. The van der Waals surface area contributed by atoms with E-state index in [1.807, 2.05) is 47.0 Å². The van der Waals surface area contributed by atoms with E-state index in [9.17, 15) is 0 Å². The van der Waals surface area contributed by atoms with Crippen LogP contribution in [0.2, 0.25) is 0 Å². The van der Waals surface area contributed by atoms with E-state index >= 15 is 0 Å². The van der Waals surface area contributed by atoms with Crippen LogP contribution in [-0.4, -0.2) is 14.5 Å². The Morgan fingerprint density at radius 3 is 2.77 bits per heavy atom. The maximum Gasteiger partial charge on any atom is 0.0733 e. The second kappa shape index (κ2) is 3.35. The van der Waals surface area contributed by atoms with E-state index in [0.717, 1.165) is 12.2 Å². The number of aryl methyl sites for hydroxylation is 1. The van der Waals surface area contributed by atoms with Crippen molar-refractivity contribution in [2.75, 3.05) is 5.43 Å². The van der Waals surface area contributed by atoms with Crippen LogP contribution in [0.5, 0.6) is 0 Å². The Balaban J connectivity index is 1.97. The van der Waals surface area contributed by atoms with Crippen LogP contribution in [0.1, 0.15) is 5.69 Å². The van der Waals surface area contributed by atoms with Crippen LogP contribution in [0.4, 0.5) is 0 Å². The van der Waals surface area contributed by atoms with Gasteiger partial charge in [-0.15, -0.1) is 0 Å². The molecule has 0 amide bonds. The highest BCUT2D eigenvalue weighted by atomic mass is 15.4. The van der Waals surface area contributed by atoms with Crippen molar-refractivity contribution in [3.05, 3.63) is 42.5 Å². The first kappa shape index (κ1) is 7.91. The monoisotopic (exact) mass is 176 g/mol. The van der Waals surface area contributed by atoms with Crippen LogP contribution in [0, 0.1) is 0 Å². The summed E-state index contributed by atoms with van der Waals surface area (Å²) in [5, 5.41) is 4.08. The average Bonchev–Trinajstić information content (AvgIpc) is 2.72. The van der Waals surface area contributed by atoms with Crippen molar-refractivity contribution in [1.29, 1.82) is 0 Å². The van der Waals surface area contributed by atoms with E-state index in [1.165, 1.54) is 0 Å². The maximum atomic E-state index is 4.08. The largest absolute Gasteiger partial charge is 0.320 e. The first-order chi connectivity index (χ1) is 6.36. The third kappa shape index (κ3) is 1.72. The zero-order valence-corrected chi connectivity index (χ0v) is 7.51. The number of aromatic nitrogens is 3. The molecule has 0 unspecified atom stereocenters. The normalized spacial score (nSPS) is 10.2. The molecule has 0 saturated carbocycles. The van der Waals surface area contributed by atoms with Crippen LogP contribution in [-0.2, 0) is 13.6 Å². The lowest BCUT2D eigenvalue weighted by atomic mass is 10.4. The second-order valence-corrected chi connectivity index (χ2v) is 2.87. The minimum absolute atomic E-state index is 0.783. The van der Waals surface area contributed by atoms with Crippen molar-refractivity contribution in [3.8, 4) is 0 Å². The molecule has 0 atom stereocenters. The third-order valence-corrected chi connectivity index (χ3v) is 1.97. The molecule has 0 aliphatic heterocycles. The molecule has 68 valence electrons. The molecule has 0 radical (unpaired) electrons. The third-order valence-electron chi connectivity index (χ3n) is 1.97. The summed E-state index contributed by atoms with van der Waals surface area (Å²) in [5.74, 6) is 0. The molecule has 0 aromatic carbocycles. The Hall–Kier alpha value is -1.71. The highest BCUT2D eigenvalue weighted by Gasteiger charge is 1.96. The van der Waals surface area contributed by atoms with Crippen molar-refractivity contribution in [3.63, 3.8) is 0 Å². The molecule has 2 aromatic rings. The number of nitrogens with zero attached hydrogens (tertiary/aromatic N) is 3. The van der Waals surface area contributed by atoms with Gasteiger partial charge in [-0.05, 0) is 18.2 Å². The summed E-state index contributed by atoms with van der Waals surface area (Å²) in [4.78, 5) is 0. The molecule has 0 aliphatic rings. The van der Waals surface area contributed by atoms with Crippen LogP contribution in [0.15, 0.2) is 36.8 Å². The Kier molecular flexibility index (Phi) is 2.04. The van der Waals surface area contributed by atoms with Gasteiger partial charge in [0, 0.05) is 25.6 Å². The number of hydrogen-bond acceptors (Lipinski definition) is 2. The van der Waals surface area contributed by atoms with Gasteiger partial charge in [-0.25, -0.2) is 0 Å². The van der Waals surface area contributed by atoms with Gasteiger partial charge < -0.3 is 5.43 Å². The minimum atomic E-state index is 0.783. The molecule has 0 bridgehead atoms. The molecule has 1 N–H and O–H groups in total. The molecule has 0 fully saturated rings. The fourth-order valence-corrected chi connectivity index (χ4v) is 1.19. The SMILES string of the molecule is Cn1nccc1CNn1cccc1. The lowest BCUT2D eigenvalue weighted by Gasteiger charge is -2.06. The summed E-state index contributed by atoms with van der Waals surface area (Å²) in [7, 11) is 1.94. The smallest absolute Gasteiger partial charge is 0.0733 e. The summed E-state index contributed by atoms with van der Waals surface area (Å²) in [6.45, 7) is 0.783. The molecule has 2 aromatic heterocycles. The maximum absolute atomic E-state index is 4.08.